The quantitative estimate of drug-likeness (QED) is 0.394. The zero-order valence-corrected chi connectivity index (χ0v) is 21.1. The highest BCUT2D eigenvalue weighted by Crippen LogP contribution is 2.55. The molecule has 3 aromatic rings. The van der Waals surface area contributed by atoms with E-state index in [1.807, 2.05) is 0 Å². The lowest BCUT2D eigenvalue weighted by Crippen LogP contribution is -2.56. The molecule has 0 unspecified atom stereocenters. The number of sulfonamides is 1. The van der Waals surface area contributed by atoms with Crippen LogP contribution in [0.3, 0.4) is 0 Å². The molecule has 0 bridgehead atoms. The Morgan fingerprint density at radius 3 is 2.11 bits per heavy atom. The van der Waals surface area contributed by atoms with E-state index in [4.69, 9.17) is 4.74 Å². The minimum Gasteiger partial charge on any atom is -0.425 e. The molecule has 0 radical (unpaired) electrons. The maximum absolute atomic E-state index is 15.2. The molecule has 0 spiro atoms. The van der Waals surface area contributed by atoms with Gasteiger partial charge >= 0.3 is 17.9 Å². The molecule has 1 heterocycles. The van der Waals surface area contributed by atoms with E-state index >= 15 is 13.2 Å². The monoisotopic (exact) mass is 517 g/mol. The smallest absolute Gasteiger partial charge is 0.425 e. The molecule has 5 nitrogen and oxygen atoms in total. The van der Waals surface area contributed by atoms with Crippen molar-refractivity contribution in [3.05, 3.63) is 101 Å². The van der Waals surface area contributed by atoms with Crippen molar-refractivity contribution in [1.82, 2.24) is 4.31 Å². The van der Waals surface area contributed by atoms with E-state index in [0.717, 1.165) is 11.6 Å². The van der Waals surface area contributed by atoms with Crippen LogP contribution in [0.25, 0.3) is 0 Å². The van der Waals surface area contributed by atoms with Gasteiger partial charge in [0.15, 0.2) is 0 Å². The normalized spacial score (nSPS) is 19.6. The Hall–Kier alpha value is -3.17. The Morgan fingerprint density at radius 2 is 1.56 bits per heavy atom. The number of rotatable bonds is 4. The number of halogens is 3. The van der Waals surface area contributed by atoms with Crippen LogP contribution in [0.15, 0.2) is 77.7 Å². The number of benzene rings is 3. The van der Waals surface area contributed by atoms with Crippen LogP contribution >= 0.6 is 0 Å². The van der Waals surface area contributed by atoms with E-state index in [1.165, 1.54) is 36.4 Å². The van der Waals surface area contributed by atoms with E-state index in [-0.39, 0.29) is 9.87 Å². The molecule has 1 aliphatic heterocycles. The first kappa shape index (κ1) is 25.9. The predicted octanol–water partition coefficient (Wildman–Crippen LogP) is 6.07. The molecule has 0 amide bonds. The summed E-state index contributed by atoms with van der Waals surface area (Å²) >= 11 is 0. The zero-order valence-electron chi connectivity index (χ0n) is 20.3. The van der Waals surface area contributed by atoms with E-state index in [9.17, 15) is 13.2 Å². The number of carbonyl (C=O) groups is 1. The second-order valence-electron chi connectivity index (χ2n) is 9.86. The van der Waals surface area contributed by atoms with Gasteiger partial charge in [0.25, 0.3) is 0 Å². The fourth-order valence-electron chi connectivity index (χ4n) is 4.19. The van der Waals surface area contributed by atoms with Gasteiger partial charge in [-0.15, -0.1) is 4.31 Å². The second-order valence-corrected chi connectivity index (χ2v) is 11.7. The summed E-state index contributed by atoms with van der Waals surface area (Å²) in [7, 11) is -4.70. The number of aryl methyl sites for hydroxylation is 1. The topological polar surface area (TPSA) is 63.7 Å². The zero-order chi connectivity index (χ0) is 26.5. The van der Waals surface area contributed by atoms with Crippen LogP contribution in [0, 0.1) is 6.92 Å². The number of nitrogens with zero attached hydrogens (tertiary/aromatic N) is 1. The summed E-state index contributed by atoms with van der Waals surface area (Å²) in [6.45, 7) is 6.51. The molecular weight excluding hydrogens is 491 g/mol. The lowest BCUT2D eigenvalue weighted by Gasteiger charge is -2.38. The summed E-state index contributed by atoms with van der Waals surface area (Å²) in [4.78, 5) is 12.6. The summed E-state index contributed by atoms with van der Waals surface area (Å²) < 4.78 is 78.3. The van der Waals surface area contributed by atoms with Gasteiger partial charge in [-0.1, -0.05) is 74.9 Å². The number of ether oxygens (including phenoxy) is 1. The molecule has 0 N–H and O–H groups in total. The Morgan fingerprint density at radius 1 is 0.944 bits per heavy atom. The van der Waals surface area contributed by atoms with E-state index in [1.54, 1.807) is 58.0 Å². The highest BCUT2D eigenvalue weighted by atomic mass is 32.2. The van der Waals surface area contributed by atoms with Crippen molar-refractivity contribution in [2.24, 2.45) is 0 Å². The number of alkyl halides is 3. The largest absolute Gasteiger partial charge is 0.449 e. The van der Waals surface area contributed by atoms with Gasteiger partial charge in [-0.05, 0) is 47.7 Å². The molecule has 1 aliphatic rings. The fraction of sp³-hybridized carbons (Fsp3) is 0.296. The average Bonchev–Trinajstić information content (AvgIpc) is 2.98. The molecule has 190 valence electrons. The van der Waals surface area contributed by atoms with Crippen LogP contribution in [-0.2, 0) is 32.4 Å². The lowest BCUT2D eigenvalue weighted by atomic mass is 9.84. The third kappa shape index (κ3) is 4.30. The van der Waals surface area contributed by atoms with Gasteiger partial charge in [0.05, 0.1) is 10.5 Å². The predicted molar refractivity (Wildman–Crippen MR) is 129 cm³/mol. The number of carbonyl (C=O) groups excluding carboxylic acids is 1. The Labute approximate surface area is 208 Å². The van der Waals surface area contributed by atoms with Crippen LogP contribution in [-0.4, -0.2) is 24.9 Å². The van der Waals surface area contributed by atoms with Gasteiger partial charge < -0.3 is 4.74 Å². The molecule has 0 saturated heterocycles. The van der Waals surface area contributed by atoms with E-state index in [2.05, 4.69) is 0 Å². The number of fused-ring (bicyclic) bond motifs is 1. The molecule has 4 rings (SSSR count). The maximum atomic E-state index is 15.2. The SMILES string of the molecule is Cc1ccc(C(=O)O[C@@]2(C(F)(F)F)c3cc(C(C)(C)C)ccc3S(=O)(=O)N2Cc2ccccc2)cc1. The number of hydrogen-bond acceptors (Lipinski definition) is 4. The van der Waals surface area contributed by atoms with Gasteiger partial charge in [-0.25, -0.2) is 13.2 Å². The summed E-state index contributed by atoms with van der Waals surface area (Å²) in [5, 5.41) is 0. The molecule has 36 heavy (non-hydrogen) atoms. The second kappa shape index (κ2) is 8.74. The van der Waals surface area contributed by atoms with Gasteiger partial charge in [-0.2, -0.15) is 13.2 Å². The molecule has 0 aliphatic carbocycles. The van der Waals surface area contributed by atoms with Crippen molar-refractivity contribution in [3.8, 4) is 0 Å². The molecule has 1 atom stereocenters. The fourth-order valence-corrected chi connectivity index (χ4v) is 6.04. The molecule has 0 saturated carbocycles. The van der Waals surface area contributed by atoms with Gasteiger partial charge in [0.1, 0.15) is 0 Å². The Kier molecular flexibility index (Phi) is 6.29. The van der Waals surface area contributed by atoms with Gasteiger partial charge in [-0.3, -0.25) is 0 Å². The third-order valence-electron chi connectivity index (χ3n) is 6.21. The summed E-state index contributed by atoms with van der Waals surface area (Å²) in [5.74, 6) is -1.28. The number of esters is 1. The molecular formula is C27H26F3NO4S. The first-order valence-electron chi connectivity index (χ1n) is 11.3. The molecule has 0 fully saturated rings. The molecule has 3 aromatic carbocycles. The van der Waals surface area contributed by atoms with Crippen LogP contribution in [0.5, 0.6) is 0 Å². The average molecular weight is 518 g/mol. The van der Waals surface area contributed by atoms with Crippen LogP contribution in [0.2, 0.25) is 0 Å². The van der Waals surface area contributed by atoms with Crippen molar-refractivity contribution in [2.75, 3.05) is 0 Å². The van der Waals surface area contributed by atoms with Crippen molar-refractivity contribution in [1.29, 1.82) is 0 Å². The highest BCUT2D eigenvalue weighted by molar-refractivity contribution is 7.89. The van der Waals surface area contributed by atoms with Crippen LogP contribution in [0.4, 0.5) is 13.2 Å². The Bertz CT molecular complexity index is 1400. The minimum atomic E-state index is -5.29. The van der Waals surface area contributed by atoms with Crippen molar-refractivity contribution in [3.63, 3.8) is 0 Å². The summed E-state index contributed by atoms with van der Waals surface area (Å²) in [5.41, 5.74) is -3.32. The minimum absolute atomic E-state index is 0.123. The lowest BCUT2D eigenvalue weighted by molar-refractivity contribution is -0.303. The molecule has 9 heteroatoms. The van der Waals surface area contributed by atoms with Crippen molar-refractivity contribution >= 4 is 16.0 Å². The van der Waals surface area contributed by atoms with Gasteiger partial charge in [0, 0.05) is 12.1 Å². The summed E-state index contributed by atoms with van der Waals surface area (Å²) in [6.07, 6.45) is -5.29. The van der Waals surface area contributed by atoms with E-state index < -0.39 is 50.3 Å². The van der Waals surface area contributed by atoms with Crippen LogP contribution < -0.4 is 0 Å². The Balaban J connectivity index is 1.99. The van der Waals surface area contributed by atoms with Crippen molar-refractivity contribution in [2.45, 2.75) is 56.5 Å². The highest BCUT2D eigenvalue weighted by Gasteiger charge is 2.72. The van der Waals surface area contributed by atoms with Crippen molar-refractivity contribution < 1.29 is 31.1 Å². The standard InChI is InChI=1S/C27H26F3NO4S/c1-18-10-12-20(13-11-18)24(32)35-26(27(28,29)30)22-16-21(25(2,3)4)14-15-23(22)36(33,34)31(26)17-19-8-6-5-7-9-19/h5-16H,17H2,1-4H3/t26-/m1/s1. The van der Waals surface area contributed by atoms with Gasteiger partial charge in [0.2, 0.25) is 10.0 Å². The van der Waals surface area contributed by atoms with E-state index in [0.29, 0.717) is 11.1 Å². The summed E-state index contributed by atoms with van der Waals surface area (Å²) in [6, 6.07) is 17.6. The molecule has 0 aromatic heterocycles. The maximum Gasteiger partial charge on any atom is 0.449 e. The van der Waals surface area contributed by atoms with Crippen LogP contribution in [0.1, 0.15) is 53.4 Å². The first-order chi connectivity index (χ1) is 16.7. The number of hydrogen-bond donors (Lipinski definition) is 0. The first-order valence-corrected chi connectivity index (χ1v) is 12.7. The third-order valence-corrected chi connectivity index (χ3v) is 8.09.